The van der Waals surface area contributed by atoms with E-state index in [1.54, 1.807) is 13.8 Å². The highest BCUT2D eigenvalue weighted by Crippen LogP contribution is 2.32. The molecule has 4 rings (SSSR count). The highest BCUT2D eigenvalue weighted by atomic mass is 16.8. The highest BCUT2D eigenvalue weighted by Gasteiger charge is 2.52. The van der Waals surface area contributed by atoms with Crippen molar-refractivity contribution in [3.63, 3.8) is 0 Å². The first-order valence-electron chi connectivity index (χ1n) is 35.4. The first kappa shape index (κ1) is 89.9. The third-order valence-electron chi connectivity index (χ3n) is 17.1. The van der Waals surface area contributed by atoms with E-state index in [0.29, 0.717) is 32.1 Å². The lowest BCUT2D eigenvalue weighted by Gasteiger charge is -2.45. The second-order valence-corrected chi connectivity index (χ2v) is 25.0. The van der Waals surface area contributed by atoms with Gasteiger partial charge >= 0.3 is 17.9 Å². The summed E-state index contributed by atoms with van der Waals surface area (Å²) < 4.78 is 78.2. The molecule has 0 aromatic carbocycles. The van der Waals surface area contributed by atoms with Gasteiger partial charge in [0.05, 0.1) is 39.6 Å². The predicted molar refractivity (Wildman–Crippen MR) is 358 cm³/mol. The number of carbonyl (C=O) groups excluding carboxylic acids is 5. The smallest absolute Gasteiger partial charge is 0.329 e. The molecule has 36 heteroatoms. The van der Waals surface area contributed by atoms with Crippen LogP contribution in [0, 0.1) is 0 Å². The van der Waals surface area contributed by atoms with Gasteiger partial charge in [0, 0.05) is 38.6 Å². The third kappa shape index (κ3) is 31.9. The molecule has 0 aliphatic carbocycles. The molecule has 0 saturated carbocycles. The Morgan fingerprint density at radius 3 is 1.41 bits per heavy atom. The van der Waals surface area contributed by atoms with Crippen LogP contribution in [0.5, 0.6) is 0 Å². The number of ether oxygens (including phenoxy) is 14. The van der Waals surface area contributed by atoms with Crippen molar-refractivity contribution >= 4 is 35.6 Å². The molecule has 13 N–H and O–H groups in total. The number of hydrogen-bond acceptors (Lipinski definition) is 30. The number of amides is 3. The fourth-order valence-electron chi connectivity index (χ4n) is 11.4. The monoisotopic (exact) mass is 1480 g/mol. The first-order chi connectivity index (χ1) is 49.5. The normalized spacial score (nSPS) is 30.2. The van der Waals surface area contributed by atoms with Gasteiger partial charge in [0.15, 0.2) is 25.2 Å². The number of hydrogen-bond donors (Lipinski definition) is 13. The zero-order chi connectivity index (χ0) is 75.6. The molecule has 4 saturated heterocycles. The topological polar surface area (TPSA) is 519 Å². The number of esters is 2. The van der Waals surface area contributed by atoms with Crippen molar-refractivity contribution in [3.8, 4) is 0 Å². The first-order valence-corrected chi connectivity index (χ1v) is 35.4. The van der Waals surface area contributed by atoms with Crippen molar-refractivity contribution < 1.29 is 146 Å². The minimum absolute atomic E-state index is 0.0354. The number of carboxylic acids is 1. The van der Waals surface area contributed by atoms with E-state index < -0.39 is 204 Å². The summed E-state index contributed by atoms with van der Waals surface area (Å²) in [6.45, 7) is 0.396. The van der Waals surface area contributed by atoms with Crippen molar-refractivity contribution in [2.45, 2.75) is 265 Å². The number of aliphatic hydroxyl groups excluding tert-OH is 9. The van der Waals surface area contributed by atoms with Gasteiger partial charge in [-0.25, -0.2) is 14.4 Å². The molecule has 4 aliphatic rings. The molecule has 4 heterocycles. The van der Waals surface area contributed by atoms with Crippen LogP contribution in [0.3, 0.4) is 0 Å². The summed E-state index contributed by atoms with van der Waals surface area (Å²) in [6.07, 6.45) is -10.1. The van der Waals surface area contributed by atoms with Crippen LogP contribution in [-0.2, 0) is 95.1 Å². The molecule has 103 heavy (non-hydrogen) atoms. The van der Waals surface area contributed by atoms with Crippen molar-refractivity contribution in [3.05, 3.63) is 46.9 Å². The van der Waals surface area contributed by atoms with Crippen LogP contribution in [0.2, 0.25) is 0 Å². The average molecular weight is 1480 g/mol. The number of nitrogens with zero attached hydrogens (tertiary/aromatic N) is 3. The Hall–Kier alpha value is -5.49. The molecule has 0 aromatic rings. The summed E-state index contributed by atoms with van der Waals surface area (Å²) in [5, 5.41) is 122. The largest absolute Gasteiger partial charge is 0.480 e. The second-order valence-electron chi connectivity index (χ2n) is 25.0. The summed E-state index contributed by atoms with van der Waals surface area (Å²) in [6, 6.07) is -2.11. The van der Waals surface area contributed by atoms with Crippen LogP contribution in [0.15, 0.2) is 41.6 Å². The molecule has 0 spiro atoms. The molecule has 3 amide bonds. The Labute approximate surface area is 599 Å². The molecule has 4 aliphatic heterocycles. The van der Waals surface area contributed by atoms with Gasteiger partial charge in [0.1, 0.15) is 130 Å². The number of nitrogens with one attached hydrogen (secondary N) is 3. The lowest BCUT2D eigenvalue weighted by molar-refractivity contribution is -0.351. The SMILES string of the molecule is CCCCCC/C=C\C/C=C\C/C=C\CCCCC(=O)N[C@@H](CCCCNC(=O)CO[C@@H]1C(O)[C@H](OC)OC(CO[C@@H]2OC(CO[C@H]3OC(CO[C@@H]4OC(COC)[C@@H](O)[C@H](O)C4O)[C@@H](O)[C@H](OCC(=O)N[C@@H](CCCCN=[N+]=[N-])C(=O)OCC)C3O)[C@@H](O)[C@H](OCC(=O)O)C2O)[C@H]1O)C(=O)OCC. The molecule has 36 nitrogen and oxygen atoms in total. The van der Waals surface area contributed by atoms with Gasteiger partial charge in [0.2, 0.25) is 17.7 Å². The summed E-state index contributed by atoms with van der Waals surface area (Å²) in [7, 11) is 2.45. The van der Waals surface area contributed by atoms with E-state index in [0.717, 1.165) is 39.2 Å². The van der Waals surface area contributed by atoms with E-state index in [-0.39, 0.29) is 58.1 Å². The molecule has 0 bridgehead atoms. The predicted octanol–water partition coefficient (Wildman–Crippen LogP) is -0.441. The molecule has 8 unspecified atom stereocenters. The minimum Gasteiger partial charge on any atom is -0.480 e. The summed E-state index contributed by atoms with van der Waals surface area (Å²) in [5.74, 6) is -4.79. The van der Waals surface area contributed by atoms with Crippen LogP contribution < -0.4 is 16.0 Å². The van der Waals surface area contributed by atoms with Crippen molar-refractivity contribution in [2.75, 3.05) is 86.8 Å². The van der Waals surface area contributed by atoms with Gasteiger partial charge in [-0.3, -0.25) is 14.4 Å². The van der Waals surface area contributed by atoms with Crippen LogP contribution >= 0.6 is 0 Å². The number of unbranched alkanes of at least 4 members (excludes halogenated alkanes) is 8. The van der Waals surface area contributed by atoms with Crippen molar-refractivity contribution in [1.82, 2.24) is 16.0 Å². The van der Waals surface area contributed by atoms with E-state index in [2.05, 4.69) is 69.4 Å². The van der Waals surface area contributed by atoms with Gasteiger partial charge < -0.3 is 133 Å². The number of rotatable bonds is 51. The molecule has 4 fully saturated rings. The van der Waals surface area contributed by atoms with E-state index in [1.807, 2.05) is 0 Å². The zero-order valence-corrected chi connectivity index (χ0v) is 59.4. The van der Waals surface area contributed by atoms with Crippen molar-refractivity contribution in [1.29, 1.82) is 0 Å². The summed E-state index contributed by atoms with van der Waals surface area (Å²) >= 11 is 0. The Bertz CT molecular complexity index is 2590. The minimum atomic E-state index is -2.04. The quantitative estimate of drug-likeness (QED) is 0.00917. The van der Waals surface area contributed by atoms with E-state index >= 15 is 0 Å². The third-order valence-corrected chi connectivity index (χ3v) is 17.1. The van der Waals surface area contributed by atoms with Crippen molar-refractivity contribution in [2.24, 2.45) is 5.11 Å². The average Bonchev–Trinajstić information content (AvgIpc) is 0.802. The molecule has 590 valence electrons. The van der Waals surface area contributed by atoms with Crippen LogP contribution in [0.4, 0.5) is 0 Å². The molecule has 0 aromatic heterocycles. The molecule has 22 atom stereocenters. The number of aliphatic carboxylic acids is 1. The number of aliphatic hydroxyl groups is 9. The van der Waals surface area contributed by atoms with Gasteiger partial charge in [0.25, 0.3) is 0 Å². The highest BCUT2D eigenvalue weighted by molar-refractivity contribution is 5.85. The summed E-state index contributed by atoms with van der Waals surface area (Å²) in [5.41, 5.74) is 8.62. The van der Waals surface area contributed by atoms with Gasteiger partial charge in [-0.15, -0.1) is 0 Å². The number of azide groups is 1. The number of allylic oxidation sites excluding steroid dienone is 6. The number of carbonyl (C=O) groups is 6. The Morgan fingerprint density at radius 1 is 0.476 bits per heavy atom. The fraction of sp³-hybridized carbons (Fsp3) is 0.821. The number of carboxylic acid groups (broad SMARTS) is 1. The van der Waals surface area contributed by atoms with Crippen LogP contribution in [0.1, 0.15) is 130 Å². The van der Waals surface area contributed by atoms with Gasteiger partial charge in [-0.05, 0) is 96.4 Å². The molecule has 0 radical (unpaired) electrons. The van der Waals surface area contributed by atoms with Gasteiger partial charge in [-0.2, -0.15) is 0 Å². The van der Waals surface area contributed by atoms with Crippen LogP contribution in [-0.4, -0.2) is 308 Å². The maximum Gasteiger partial charge on any atom is 0.329 e. The van der Waals surface area contributed by atoms with Gasteiger partial charge in [-0.1, -0.05) is 74.2 Å². The van der Waals surface area contributed by atoms with E-state index in [1.165, 1.54) is 32.8 Å². The molecular formula is C67H112N6O30. The Kier molecular flexibility index (Phi) is 44.4. The standard InChI is InChI=1S/C67H112N6O30/c1-6-9-10-11-12-13-14-15-16-17-18-19-20-21-22-23-30-46(74)71-40(62(88)92-7-2)28-24-26-31-69-47(75)37-94-59-51(80)43(100-64(91-5)56(59)85)34-98-67-58(87)61(96-39-49(77)78)53(82)45(103-67)36-99-66-57(86)60(95-38-48(76)72-41(63(89)93-8-3)29-25-27-32-70-73-68)52(81)44(102-66)35-97-65-55(84)54(83)50(79)42(101-65)33-90-4/h13-14,16-17,19-20,40-45,50-61,64-67,79-87H,6-12,15,18,21-39H2,1-5H3,(H,69,75)(H,71,74)(H,72,76)(H,77,78)/b14-13-,17-16-,20-19-/t40-,41-,42?,43?,44?,45?,50+,51+,52+,53+,54-,55?,56?,57?,58?,59-,60-,61-,64+,65+,66-,67+/m0/s1. The Balaban J connectivity index is 1.36. The van der Waals surface area contributed by atoms with E-state index in [4.69, 9.17) is 71.8 Å². The zero-order valence-electron chi connectivity index (χ0n) is 59.4. The lowest BCUT2D eigenvalue weighted by atomic mass is 9.97. The fourth-order valence-corrected chi connectivity index (χ4v) is 11.4. The maximum atomic E-state index is 13.4. The van der Waals surface area contributed by atoms with E-state index in [9.17, 15) is 79.8 Å². The summed E-state index contributed by atoms with van der Waals surface area (Å²) in [4.78, 5) is 79.4. The van der Waals surface area contributed by atoms with Crippen LogP contribution in [0.25, 0.3) is 10.4 Å². The molecular weight excluding hydrogens is 1370 g/mol. The maximum absolute atomic E-state index is 13.4. The Morgan fingerprint density at radius 2 is 0.922 bits per heavy atom. The lowest BCUT2D eigenvalue weighted by Crippen LogP contribution is -2.64. The number of methoxy groups -OCH3 is 2. The second kappa shape index (κ2) is 50.9.